The Morgan fingerprint density at radius 2 is 1.95 bits per heavy atom. The van der Waals surface area contributed by atoms with E-state index in [9.17, 15) is 14.6 Å². The molecule has 0 radical (unpaired) electrons. The molecule has 192 valence electrons. The van der Waals surface area contributed by atoms with Crippen LogP contribution in [0.2, 0.25) is 0 Å². The van der Waals surface area contributed by atoms with Crippen molar-refractivity contribution in [2.45, 2.75) is 20.4 Å². The predicted molar refractivity (Wildman–Crippen MR) is 141 cm³/mol. The molecular weight excluding hydrogens is 490 g/mol. The van der Waals surface area contributed by atoms with Gasteiger partial charge < -0.3 is 10.0 Å². The van der Waals surface area contributed by atoms with Gasteiger partial charge >= 0.3 is 0 Å². The molecule has 4 aromatic rings. The molecule has 0 saturated carbocycles. The average molecular weight is 520 g/mol. The molecule has 0 amide bonds. The van der Waals surface area contributed by atoms with Gasteiger partial charge in [0.1, 0.15) is 23.0 Å². The minimum Gasteiger partial charge on any atom is -0.394 e. The zero-order chi connectivity index (χ0) is 26.0. The van der Waals surface area contributed by atoms with Crippen LogP contribution in [0.1, 0.15) is 19.4 Å². The highest BCUT2D eigenvalue weighted by Crippen LogP contribution is 2.29. The molecule has 0 bridgehead atoms. The molecule has 1 fully saturated rings. The van der Waals surface area contributed by atoms with Crippen LogP contribution in [0.25, 0.3) is 28.0 Å². The van der Waals surface area contributed by atoms with Crippen molar-refractivity contribution in [3.63, 3.8) is 0 Å². The number of aliphatic hydroxyl groups is 1. The van der Waals surface area contributed by atoms with E-state index in [1.807, 2.05) is 18.3 Å². The number of aliphatic hydroxyl groups excluding tert-OH is 1. The van der Waals surface area contributed by atoms with E-state index in [2.05, 4.69) is 44.4 Å². The Kier molecular flexibility index (Phi) is 6.90. The second-order valence-corrected chi connectivity index (χ2v) is 12.1. The van der Waals surface area contributed by atoms with Gasteiger partial charge in [0.15, 0.2) is 0 Å². The molecule has 0 atom stereocenters. The highest BCUT2D eigenvalue weighted by atomic mass is 32.2. The first kappa shape index (κ1) is 24.9. The number of nitriles is 1. The van der Waals surface area contributed by atoms with Crippen molar-refractivity contribution >= 4 is 21.1 Å². The lowest BCUT2D eigenvalue weighted by molar-refractivity contribution is 0.269. The number of hydrogen-bond donors (Lipinski definition) is 1. The van der Waals surface area contributed by atoms with Crippen molar-refractivity contribution in [3.05, 3.63) is 48.7 Å². The van der Waals surface area contributed by atoms with Gasteiger partial charge in [-0.3, -0.25) is 4.68 Å². The van der Waals surface area contributed by atoms with Crippen LogP contribution in [0.4, 0.5) is 5.82 Å². The Balaban J connectivity index is 1.45. The first-order valence-electron chi connectivity index (χ1n) is 12.2. The zero-order valence-corrected chi connectivity index (χ0v) is 21.7. The van der Waals surface area contributed by atoms with E-state index >= 15 is 0 Å². The van der Waals surface area contributed by atoms with Crippen molar-refractivity contribution in [3.8, 4) is 28.6 Å². The third kappa shape index (κ3) is 5.19. The van der Waals surface area contributed by atoms with E-state index in [1.165, 1.54) is 6.20 Å². The number of anilines is 1. The first-order chi connectivity index (χ1) is 17.9. The van der Waals surface area contributed by atoms with Gasteiger partial charge in [0, 0.05) is 48.1 Å². The van der Waals surface area contributed by atoms with Crippen LogP contribution in [0.15, 0.2) is 47.5 Å². The van der Waals surface area contributed by atoms with Gasteiger partial charge in [-0.1, -0.05) is 13.8 Å². The highest BCUT2D eigenvalue weighted by Gasteiger charge is 2.22. The average Bonchev–Trinajstić information content (AvgIpc) is 3.55. The monoisotopic (exact) mass is 519 g/mol. The van der Waals surface area contributed by atoms with Crippen LogP contribution in [0.5, 0.6) is 0 Å². The Hall–Kier alpha value is -3.82. The van der Waals surface area contributed by atoms with Crippen molar-refractivity contribution in [2.75, 3.05) is 42.6 Å². The largest absolute Gasteiger partial charge is 0.394 e. The number of aromatic nitrogens is 6. The summed E-state index contributed by atoms with van der Waals surface area (Å²) in [6, 6.07) is 6.06. The van der Waals surface area contributed by atoms with Crippen molar-refractivity contribution in [1.82, 2.24) is 29.4 Å². The van der Waals surface area contributed by atoms with E-state index in [1.54, 1.807) is 27.8 Å². The molecular formula is C25H29N9O2S. The van der Waals surface area contributed by atoms with Crippen LogP contribution < -0.4 is 4.90 Å². The first-order valence-corrected chi connectivity index (χ1v) is 14.1. The summed E-state index contributed by atoms with van der Waals surface area (Å²) in [4.78, 5) is 11.7. The number of nitrogens with zero attached hydrogens (tertiary/aromatic N) is 9. The Labute approximate surface area is 215 Å². The smallest absolute Gasteiger partial charge is 0.128 e. The molecule has 0 spiro atoms. The molecule has 0 unspecified atom stereocenters. The van der Waals surface area contributed by atoms with Crippen molar-refractivity contribution in [1.29, 1.82) is 5.26 Å². The molecule has 0 aliphatic carbocycles. The fourth-order valence-electron chi connectivity index (χ4n) is 4.23. The molecule has 1 N–H and O–H groups in total. The normalized spacial score (nSPS) is 15.3. The van der Waals surface area contributed by atoms with E-state index in [-0.39, 0.29) is 6.61 Å². The maximum Gasteiger partial charge on any atom is 0.128 e. The fourth-order valence-corrected chi connectivity index (χ4v) is 6.28. The van der Waals surface area contributed by atoms with E-state index in [0.29, 0.717) is 66.1 Å². The van der Waals surface area contributed by atoms with Crippen LogP contribution in [0, 0.1) is 17.2 Å². The fraction of sp³-hybridized carbons (Fsp3) is 0.400. The number of pyridine rings is 1. The van der Waals surface area contributed by atoms with Crippen LogP contribution in [-0.4, -0.2) is 76.4 Å². The van der Waals surface area contributed by atoms with Crippen molar-refractivity contribution in [2.24, 2.45) is 10.3 Å². The van der Waals surface area contributed by atoms with Gasteiger partial charge in [-0.15, -0.1) is 0 Å². The maximum atomic E-state index is 13.0. The maximum absolute atomic E-state index is 13.0. The number of fused-ring (bicyclic) bond motifs is 1. The topological polar surface area (TPSA) is 138 Å². The minimum absolute atomic E-state index is 0.0115. The summed E-state index contributed by atoms with van der Waals surface area (Å²) in [5.41, 5.74) is 3.78. The van der Waals surface area contributed by atoms with Crippen LogP contribution in [0.3, 0.4) is 0 Å². The number of rotatable bonds is 7. The second kappa shape index (κ2) is 10.3. The molecule has 1 aliphatic rings. The molecule has 4 aromatic heterocycles. The van der Waals surface area contributed by atoms with Crippen molar-refractivity contribution < 1.29 is 9.32 Å². The van der Waals surface area contributed by atoms with Gasteiger partial charge in [-0.2, -0.15) is 15.5 Å². The molecule has 12 heteroatoms. The van der Waals surface area contributed by atoms with Crippen LogP contribution >= 0.6 is 0 Å². The van der Waals surface area contributed by atoms with E-state index < -0.39 is 9.73 Å². The molecule has 1 aliphatic heterocycles. The Morgan fingerprint density at radius 1 is 1.14 bits per heavy atom. The SMILES string of the molecule is CC(C)CN=S1(=O)CCN(c2ccc(-c3nc(-c4cnn(CCO)c4)cn4ncc(C#N)c34)cn2)CC1. The second-order valence-electron chi connectivity index (χ2n) is 9.43. The Morgan fingerprint density at radius 3 is 2.62 bits per heavy atom. The quantitative estimate of drug-likeness (QED) is 0.393. The van der Waals surface area contributed by atoms with E-state index in [4.69, 9.17) is 4.98 Å². The lowest BCUT2D eigenvalue weighted by Crippen LogP contribution is -2.40. The molecule has 5 heterocycles. The molecule has 5 rings (SSSR count). The minimum atomic E-state index is -2.15. The summed E-state index contributed by atoms with van der Waals surface area (Å²) in [5, 5.41) is 27.5. The standard InChI is InChI=1S/C25H29N9O2S/c1-18(2)12-30-37(36)9-6-32(7-10-37)23-4-3-19(13-27-23)24-25-20(11-26)14-29-34(25)17-22(31-24)21-15-28-33(16-21)5-8-35/h3-4,13-18,35H,5-10,12H2,1-2H3. The highest BCUT2D eigenvalue weighted by molar-refractivity contribution is 7.93. The zero-order valence-electron chi connectivity index (χ0n) is 20.9. The third-order valence-electron chi connectivity index (χ3n) is 6.26. The molecule has 0 aromatic carbocycles. The third-order valence-corrected chi connectivity index (χ3v) is 8.52. The van der Waals surface area contributed by atoms with Gasteiger partial charge in [0.05, 0.1) is 59.4 Å². The summed E-state index contributed by atoms with van der Waals surface area (Å²) < 4.78 is 20.8. The van der Waals surface area contributed by atoms with Gasteiger partial charge in [0.2, 0.25) is 0 Å². The van der Waals surface area contributed by atoms with Crippen LogP contribution in [-0.2, 0) is 16.3 Å². The summed E-state index contributed by atoms with van der Waals surface area (Å²) in [7, 11) is -2.15. The lowest BCUT2D eigenvalue weighted by atomic mass is 10.1. The van der Waals surface area contributed by atoms with Gasteiger partial charge in [-0.05, 0) is 18.1 Å². The predicted octanol–water partition coefficient (Wildman–Crippen LogP) is 2.46. The van der Waals surface area contributed by atoms with Gasteiger partial charge in [-0.25, -0.2) is 23.1 Å². The Bertz CT molecular complexity index is 1560. The number of hydrogen-bond acceptors (Lipinski definition) is 9. The summed E-state index contributed by atoms with van der Waals surface area (Å²) in [6.07, 6.45) is 8.53. The summed E-state index contributed by atoms with van der Waals surface area (Å²) in [6.45, 7) is 6.46. The lowest BCUT2D eigenvalue weighted by Gasteiger charge is -2.29. The molecule has 11 nitrogen and oxygen atoms in total. The van der Waals surface area contributed by atoms with Gasteiger partial charge in [0.25, 0.3) is 0 Å². The molecule has 1 saturated heterocycles. The summed E-state index contributed by atoms with van der Waals surface area (Å²) in [5.74, 6) is 2.29. The van der Waals surface area contributed by atoms with E-state index in [0.717, 1.165) is 16.9 Å². The molecule has 37 heavy (non-hydrogen) atoms. The summed E-state index contributed by atoms with van der Waals surface area (Å²) >= 11 is 0.